The minimum Gasteiger partial charge on any atom is -0.378 e. The zero-order valence-corrected chi connectivity index (χ0v) is 17.6. The molecular weight excluding hydrogens is 424 g/mol. The van der Waals surface area contributed by atoms with Gasteiger partial charge in [0.1, 0.15) is 0 Å². The van der Waals surface area contributed by atoms with Crippen molar-refractivity contribution in [2.24, 2.45) is 0 Å². The number of nitrogens with zero attached hydrogens (tertiary/aromatic N) is 2. The van der Waals surface area contributed by atoms with Crippen LogP contribution >= 0.6 is 23.4 Å². The molecule has 2 fully saturated rings. The lowest BCUT2D eigenvalue weighted by molar-refractivity contribution is -0.122. The molecule has 0 unspecified atom stereocenters. The number of ketones is 1. The number of thioether (sulfide) groups is 1. The Morgan fingerprint density at radius 1 is 1.03 bits per heavy atom. The van der Waals surface area contributed by atoms with Crippen LogP contribution in [0.3, 0.4) is 0 Å². The second-order valence-corrected chi connectivity index (χ2v) is 8.32. The summed E-state index contributed by atoms with van der Waals surface area (Å²) in [6, 6.07) is 14.2. The summed E-state index contributed by atoms with van der Waals surface area (Å²) in [6.07, 6.45) is 1.68. The normalized spacial score (nSPS) is 18.4. The van der Waals surface area contributed by atoms with E-state index in [4.69, 9.17) is 16.3 Å². The van der Waals surface area contributed by atoms with E-state index in [2.05, 4.69) is 4.90 Å². The molecule has 0 aromatic heterocycles. The summed E-state index contributed by atoms with van der Waals surface area (Å²) in [5.74, 6) is -0.769. The van der Waals surface area contributed by atoms with Gasteiger partial charge in [-0.25, -0.2) is 0 Å². The SMILES string of the molecule is O=C(CN1C(=O)S/C(=C/c2ccc(N3CCOCC3)cc2)C1=O)c1ccc(Cl)cc1. The molecule has 0 saturated carbocycles. The Morgan fingerprint density at radius 3 is 2.37 bits per heavy atom. The van der Waals surface area contributed by atoms with Crippen molar-refractivity contribution in [1.82, 2.24) is 4.90 Å². The lowest BCUT2D eigenvalue weighted by Gasteiger charge is -2.28. The number of hydrogen-bond donors (Lipinski definition) is 0. The number of Topliss-reactive ketones (excluding diaryl/α,β-unsaturated/α-hetero) is 1. The van der Waals surface area contributed by atoms with E-state index in [0.717, 1.165) is 41.0 Å². The number of benzene rings is 2. The van der Waals surface area contributed by atoms with Crippen LogP contribution in [-0.2, 0) is 9.53 Å². The molecule has 2 heterocycles. The molecule has 0 spiro atoms. The van der Waals surface area contributed by atoms with Crippen LogP contribution in [0.2, 0.25) is 5.02 Å². The van der Waals surface area contributed by atoms with Gasteiger partial charge in [-0.2, -0.15) is 0 Å². The second-order valence-electron chi connectivity index (χ2n) is 6.89. The van der Waals surface area contributed by atoms with E-state index >= 15 is 0 Å². The zero-order chi connectivity index (χ0) is 21.1. The van der Waals surface area contributed by atoms with Crippen LogP contribution < -0.4 is 4.90 Å². The first-order valence-electron chi connectivity index (χ1n) is 9.48. The highest BCUT2D eigenvalue weighted by atomic mass is 35.5. The van der Waals surface area contributed by atoms with Crippen molar-refractivity contribution in [2.45, 2.75) is 0 Å². The van der Waals surface area contributed by atoms with Crippen molar-refractivity contribution < 1.29 is 19.1 Å². The maximum Gasteiger partial charge on any atom is 0.293 e. The highest BCUT2D eigenvalue weighted by molar-refractivity contribution is 8.18. The van der Waals surface area contributed by atoms with Gasteiger partial charge in [-0.3, -0.25) is 19.3 Å². The maximum atomic E-state index is 12.7. The minimum atomic E-state index is -0.454. The molecular formula is C22H19ClN2O4S. The topological polar surface area (TPSA) is 66.9 Å². The highest BCUT2D eigenvalue weighted by Gasteiger charge is 2.36. The van der Waals surface area contributed by atoms with Crippen molar-refractivity contribution in [1.29, 1.82) is 0 Å². The van der Waals surface area contributed by atoms with E-state index in [0.29, 0.717) is 28.7 Å². The van der Waals surface area contributed by atoms with Crippen molar-refractivity contribution >= 4 is 52.1 Å². The fourth-order valence-corrected chi connectivity index (χ4v) is 4.23. The van der Waals surface area contributed by atoms with Gasteiger partial charge in [-0.15, -0.1) is 0 Å². The summed E-state index contributed by atoms with van der Waals surface area (Å²) >= 11 is 6.68. The van der Waals surface area contributed by atoms with Crippen LogP contribution in [0.15, 0.2) is 53.4 Å². The molecule has 0 aliphatic carbocycles. The molecule has 2 aromatic carbocycles. The van der Waals surface area contributed by atoms with E-state index in [1.165, 1.54) is 0 Å². The summed E-state index contributed by atoms with van der Waals surface area (Å²) in [7, 11) is 0. The predicted octanol–water partition coefficient (Wildman–Crippen LogP) is 4.10. The molecule has 2 aliphatic rings. The molecule has 30 heavy (non-hydrogen) atoms. The smallest absolute Gasteiger partial charge is 0.293 e. The van der Waals surface area contributed by atoms with Gasteiger partial charge in [0.15, 0.2) is 5.78 Å². The molecule has 0 bridgehead atoms. The first-order chi connectivity index (χ1) is 14.5. The first kappa shape index (κ1) is 20.7. The van der Waals surface area contributed by atoms with Crippen LogP contribution in [0, 0.1) is 0 Å². The van der Waals surface area contributed by atoms with Gasteiger partial charge in [-0.1, -0.05) is 23.7 Å². The van der Waals surface area contributed by atoms with Gasteiger partial charge in [0.2, 0.25) is 0 Å². The molecule has 2 amide bonds. The highest BCUT2D eigenvalue weighted by Crippen LogP contribution is 2.32. The number of anilines is 1. The fourth-order valence-electron chi connectivity index (χ4n) is 3.26. The molecule has 2 aromatic rings. The van der Waals surface area contributed by atoms with Crippen LogP contribution in [0.25, 0.3) is 6.08 Å². The van der Waals surface area contributed by atoms with Gasteiger partial charge in [0.25, 0.3) is 11.1 Å². The molecule has 0 radical (unpaired) electrons. The van der Waals surface area contributed by atoms with Gasteiger partial charge < -0.3 is 9.64 Å². The van der Waals surface area contributed by atoms with Crippen molar-refractivity contribution in [3.8, 4) is 0 Å². The van der Waals surface area contributed by atoms with Crippen LogP contribution in [-0.4, -0.2) is 54.7 Å². The number of carbonyl (C=O) groups is 3. The number of morpholine rings is 1. The largest absolute Gasteiger partial charge is 0.378 e. The summed E-state index contributed by atoms with van der Waals surface area (Å²) in [6.45, 7) is 2.83. The van der Waals surface area contributed by atoms with Crippen molar-refractivity contribution in [3.05, 3.63) is 69.6 Å². The molecule has 2 aliphatic heterocycles. The summed E-state index contributed by atoms with van der Waals surface area (Å²) in [4.78, 5) is 40.9. The van der Waals surface area contributed by atoms with Gasteiger partial charge in [0.05, 0.1) is 24.7 Å². The maximum absolute atomic E-state index is 12.7. The molecule has 0 N–H and O–H groups in total. The van der Waals surface area contributed by atoms with E-state index in [-0.39, 0.29) is 12.3 Å². The van der Waals surface area contributed by atoms with E-state index in [1.807, 2.05) is 24.3 Å². The molecule has 154 valence electrons. The van der Waals surface area contributed by atoms with Crippen LogP contribution in [0.1, 0.15) is 15.9 Å². The molecule has 2 saturated heterocycles. The fraction of sp³-hybridized carbons (Fsp3) is 0.227. The molecule has 4 rings (SSSR count). The molecule has 8 heteroatoms. The number of rotatable bonds is 5. The Morgan fingerprint density at radius 2 is 1.70 bits per heavy atom. The Hall–Kier alpha value is -2.61. The number of ether oxygens (including phenoxy) is 1. The zero-order valence-electron chi connectivity index (χ0n) is 16.0. The minimum absolute atomic E-state index is 0.292. The summed E-state index contributed by atoms with van der Waals surface area (Å²) in [5, 5.41) is 0.0683. The number of hydrogen-bond acceptors (Lipinski definition) is 6. The average Bonchev–Trinajstić information content (AvgIpc) is 3.02. The Bertz CT molecular complexity index is 999. The third-order valence-electron chi connectivity index (χ3n) is 4.91. The average molecular weight is 443 g/mol. The summed E-state index contributed by atoms with van der Waals surface area (Å²) < 4.78 is 5.37. The van der Waals surface area contributed by atoms with Gasteiger partial charge >= 0.3 is 0 Å². The Balaban J connectivity index is 1.44. The third-order valence-corrected chi connectivity index (χ3v) is 6.07. The number of halogens is 1. The van der Waals surface area contributed by atoms with Crippen molar-refractivity contribution in [3.63, 3.8) is 0 Å². The third kappa shape index (κ3) is 4.59. The molecule has 0 atom stereocenters. The second kappa shape index (κ2) is 9.04. The van der Waals surface area contributed by atoms with Gasteiger partial charge in [0, 0.05) is 29.4 Å². The number of carbonyl (C=O) groups excluding carboxylic acids is 3. The first-order valence-corrected chi connectivity index (χ1v) is 10.7. The lowest BCUT2D eigenvalue weighted by atomic mass is 10.1. The molecule has 6 nitrogen and oxygen atoms in total. The Labute approximate surface area is 183 Å². The monoisotopic (exact) mass is 442 g/mol. The van der Waals surface area contributed by atoms with Crippen molar-refractivity contribution in [2.75, 3.05) is 37.7 Å². The standard InChI is InChI=1S/C22H19ClN2O4S/c23-17-5-3-16(4-6-17)19(26)14-25-21(27)20(30-22(25)28)13-15-1-7-18(8-2-15)24-9-11-29-12-10-24/h1-8,13H,9-12,14H2/b20-13+. The number of imide groups is 1. The lowest BCUT2D eigenvalue weighted by Crippen LogP contribution is -2.36. The summed E-state index contributed by atoms with van der Waals surface area (Å²) in [5.41, 5.74) is 2.32. The van der Waals surface area contributed by atoms with Crippen LogP contribution in [0.4, 0.5) is 10.5 Å². The van der Waals surface area contributed by atoms with E-state index in [9.17, 15) is 14.4 Å². The quantitative estimate of drug-likeness (QED) is 0.513. The van der Waals surface area contributed by atoms with E-state index in [1.54, 1.807) is 30.3 Å². The van der Waals surface area contributed by atoms with E-state index < -0.39 is 11.1 Å². The van der Waals surface area contributed by atoms with Gasteiger partial charge in [-0.05, 0) is 59.8 Å². The predicted molar refractivity (Wildman–Crippen MR) is 118 cm³/mol. The Kier molecular flexibility index (Phi) is 6.22. The number of amides is 2. The van der Waals surface area contributed by atoms with Crippen LogP contribution in [0.5, 0.6) is 0 Å².